The maximum Gasteiger partial charge on any atom is 0.227 e. The molecule has 2 aromatic rings. The van der Waals surface area contributed by atoms with Crippen LogP contribution in [0.1, 0.15) is 23.7 Å². The van der Waals surface area contributed by atoms with Crippen LogP contribution in [0.2, 0.25) is 5.02 Å². The van der Waals surface area contributed by atoms with E-state index in [1.165, 1.54) is 6.07 Å². The van der Waals surface area contributed by atoms with Crippen molar-refractivity contribution in [1.82, 2.24) is 0 Å². The maximum atomic E-state index is 11.9. The first kappa shape index (κ1) is 15.4. The van der Waals surface area contributed by atoms with Crippen molar-refractivity contribution in [3.8, 4) is 5.75 Å². The van der Waals surface area contributed by atoms with Gasteiger partial charge in [-0.25, -0.2) is 0 Å². The summed E-state index contributed by atoms with van der Waals surface area (Å²) >= 11 is 5.77. The van der Waals surface area contributed by atoms with E-state index in [0.29, 0.717) is 16.3 Å². The van der Waals surface area contributed by atoms with Gasteiger partial charge < -0.3 is 15.5 Å². The van der Waals surface area contributed by atoms with E-state index >= 15 is 0 Å². The van der Waals surface area contributed by atoms with Gasteiger partial charge in [-0.3, -0.25) is 4.79 Å². The molecule has 0 aliphatic heterocycles. The van der Waals surface area contributed by atoms with Crippen molar-refractivity contribution in [2.45, 2.75) is 19.4 Å². The molecule has 2 aromatic carbocycles. The number of phenols is 1. The Morgan fingerprint density at radius 2 is 1.90 bits per heavy atom. The van der Waals surface area contributed by atoms with Gasteiger partial charge in [-0.2, -0.15) is 0 Å². The number of rotatable bonds is 4. The summed E-state index contributed by atoms with van der Waals surface area (Å²) in [4.78, 5) is 11.9. The van der Waals surface area contributed by atoms with Gasteiger partial charge in [0, 0.05) is 16.8 Å². The number of aliphatic hydroxyl groups excluding tert-OH is 1. The number of aliphatic hydroxyl groups is 1. The van der Waals surface area contributed by atoms with Gasteiger partial charge in [-0.05, 0) is 36.2 Å². The second-order valence-electron chi connectivity index (χ2n) is 4.82. The van der Waals surface area contributed by atoms with E-state index in [1.54, 1.807) is 43.3 Å². The van der Waals surface area contributed by atoms with Crippen molar-refractivity contribution in [2.75, 3.05) is 5.32 Å². The number of nitrogens with one attached hydrogen (secondary N) is 1. The Labute approximate surface area is 128 Å². The number of anilines is 1. The molecule has 0 fully saturated rings. The molecule has 0 spiro atoms. The maximum absolute atomic E-state index is 11.9. The van der Waals surface area contributed by atoms with E-state index < -0.39 is 6.10 Å². The van der Waals surface area contributed by atoms with Crippen LogP contribution in [-0.4, -0.2) is 16.1 Å². The molecule has 0 bridgehead atoms. The highest BCUT2D eigenvalue weighted by Gasteiger charge is 2.13. The fourth-order valence-corrected chi connectivity index (χ4v) is 2.00. The van der Waals surface area contributed by atoms with E-state index in [-0.39, 0.29) is 18.1 Å². The van der Waals surface area contributed by atoms with Crippen LogP contribution in [0.3, 0.4) is 0 Å². The fraction of sp³-hybridized carbons (Fsp3) is 0.188. The normalized spacial score (nSPS) is 12.0. The number of carbonyl (C=O) groups excluding carboxylic acids is 1. The predicted molar refractivity (Wildman–Crippen MR) is 82.5 cm³/mol. The van der Waals surface area contributed by atoms with Crippen molar-refractivity contribution in [2.24, 2.45) is 0 Å². The van der Waals surface area contributed by atoms with Crippen molar-refractivity contribution in [3.63, 3.8) is 0 Å². The molecule has 1 unspecified atom stereocenters. The molecule has 4 nitrogen and oxygen atoms in total. The second kappa shape index (κ2) is 6.61. The van der Waals surface area contributed by atoms with Crippen LogP contribution in [0.25, 0.3) is 0 Å². The first-order valence-corrected chi connectivity index (χ1v) is 6.86. The molecular formula is C16H16ClNO3. The molecular weight excluding hydrogens is 290 g/mol. The number of halogens is 1. The third kappa shape index (κ3) is 4.21. The van der Waals surface area contributed by atoms with Gasteiger partial charge in [-0.1, -0.05) is 29.8 Å². The SMILES string of the molecule is Cc1ccc(NC(=O)CC(O)c2ccc(Cl)cc2)cc1O. The number of phenolic OH excluding ortho intramolecular Hbond substituents is 1. The molecule has 5 heteroatoms. The average molecular weight is 306 g/mol. The molecule has 0 saturated heterocycles. The molecule has 1 atom stereocenters. The number of aryl methyl sites for hydroxylation is 1. The molecule has 3 N–H and O–H groups in total. The zero-order valence-corrected chi connectivity index (χ0v) is 12.3. The number of benzene rings is 2. The minimum Gasteiger partial charge on any atom is -0.508 e. The van der Waals surface area contributed by atoms with Crippen LogP contribution in [0.5, 0.6) is 5.75 Å². The van der Waals surface area contributed by atoms with Gasteiger partial charge in [0.25, 0.3) is 0 Å². The van der Waals surface area contributed by atoms with E-state index in [4.69, 9.17) is 11.6 Å². The standard InChI is InChI=1S/C16H16ClNO3/c1-10-2-7-13(8-14(10)19)18-16(21)9-15(20)11-3-5-12(17)6-4-11/h2-8,15,19-20H,9H2,1H3,(H,18,21). The van der Waals surface area contributed by atoms with Crippen LogP contribution < -0.4 is 5.32 Å². The highest BCUT2D eigenvalue weighted by Crippen LogP contribution is 2.23. The number of amides is 1. The summed E-state index contributed by atoms with van der Waals surface area (Å²) < 4.78 is 0. The van der Waals surface area contributed by atoms with Gasteiger partial charge in [0.2, 0.25) is 5.91 Å². The van der Waals surface area contributed by atoms with Gasteiger partial charge in [0.15, 0.2) is 0 Å². The lowest BCUT2D eigenvalue weighted by Gasteiger charge is -2.12. The van der Waals surface area contributed by atoms with E-state index in [2.05, 4.69) is 5.32 Å². The Balaban J connectivity index is 1.97. The van der Waals surface area contributed by atoms with Gasteiger partial charge in [0.1, 0.15) is 5.75 Å². The molecule has 0 aromatic heterocycles. The minimum absolute atomic E-state index is 0.0731. The van der Waals surface area contributed by atoms with Crippen molar-refractivity contribution in [1.29, 1.82) is 0 Å². The molecule has 2 rings (SSSR count). The summed E-state index contributed by atoms with van der Waals surface area (Å²) in [5.41, 5.74) is 1.85. The Morgan fingerprint density at radius 1 is 1.24 bits per heavy atom. The smallest absolute Gasteiger partial charge is 0.227 e. The van der Waals surface area contributed by atoms with Crippen LogP contribution in [0.15, 0.2) is 42.5 Å². The van der Waals surface area contributed by atoms with Crippen LogP contribution >= 0.6 is 11.6 Å². The monoisotopic (exact) mass is 305 g/mol. The Morgan fingerprint density at radius 3 is 2.52 bits per heavy atom. The van der Waals surface area contributed by atoms with Crippen molar-refractivity contribution >= 4 is 23.2 Å². The third-order valence-electron chi connectivity index (χ3n) is 3.13. The Kier molecular flexibility index (Phi) is 4.83. The average Bonchev–Trinajstić information content (AvgIpc) is 2.43. The molecule has 110 valence electrons. The highest BCUT2D eigenvalue weighted by molar-refractivity contribution is 6.30. The first-order chi connectivity index (χ1) is 9.95. The lowest BCUT2D eigenvalue weighted by atomic mass is 10.1. The van der Waals surface area contributed by atoms with E-state index in [1.807, 2.05) is 0 Å². The number of hydrogen-bond acceptors (Lipinski definition) is 3. The third-order valence-corrected chi connectivity index (χ3v) is 3.38. The summed E-state index contributed by atoms with van der Waals surface area (Å²) in [6.07, 6.45) is -0.975. The van der Waals surface area contributed by atoms with Crippen LogP contribution in [0.4, 0.5) is 5.69 Å². The number of carbonyl (C=O) groups is 1. The zero-order chi connectivity index (χ0) is 15.4. The molecule has 1 amide bonds. The summed E-state index contributed by atoms with van der Waals surface area (Å²) in [5, 5.41) is 22.8. The number of hydrogen-bond donors (Lipinski definition) is 3. The van der Waals surface area contributed by atoms with Crippen molar-refractivity contribution in [3.05, 3.63) is 58.6 Å². The Hall–Kier alpha value is -2.04. The summed E-state index contributed by atoms with van der Waals surface area (Å²) in [6.45, 7) is 1.77. The first-order valence-electron chi connectivity index (χ1n) is 6.48. The fourth-order valence-electron chi connectivity index (χ4n) is 1.88. The lowest BCUT2D eigenvalue weighted by molar-refractivity contribution is -0.118. The van der Waals surface area contributed by atoms with E-state index in [0.717, 1.165) is 5.56 Å². The molecule has 21 heavy (non-hydrogen) atoms. The lowest BCUT2D eigenvalue weighted by Crippen LogP contribution is -2.15. The Bertz CT molecular complexity index is 640. The molecule has 0 aliphatic carbocycles. The van der Waals surface area contributed by atoms with Crippen LogP contribution in [0, 0.1) is 6.92 Å². The quantitative estimate of drug-likeness (QED) is 0.810. The van der Waals surface area contributed by atoms with Crippen LogP contribution in [-0.2, 0) is 4.79 Å². The van der Waals surface area contributed by atoms with Gasteiger partial charge in [0.05, 0.1) is 12.5 Å². The van der Waals surface area contributed by atoms with Crippen molar-refractivity contribution < 1.29 is 15.0 Å². The zero-order valence-electron chi connectivity index (χ0n) is 11.5. The summed E-state index contributed by atoms with van der Waals surface area (Å²) in [6, 6.07) is 11.6. The minimum atomic E-state index is -0.902. The highest BCUT2D eigenvalue weighted by atomic mass is 35.5. The topological polar surface area (TPSA) is 69.6 Å². The molecule has 0 saturated carbocycles. The largest absolute Gasteiger partial charge is 0.508 e. The number of aromatic hydroxyl groups is 1. The molecule has 0 heterocycles. The second-order valence-corrected chi connectivity index (χ2v) is 5.26. The predicted octanol–water partition coefficient (Wildman–Crippen LogP) is 3.42. The molecule has 0 radical (unpaired) electrons. The van der Waals surface area contributed by atoms with Gasteiger partial charge in [-0.15, -0.1) is 0 Å². The van der Waals surface area contributed by atoms with Gasteiger partial charge >= 0.3 is 0 Å². The summed E-state index contributed by atoms with van der Waals surface area (Å²) in [7, 11) is 0. The van der Waals surface area contributed by atoms with E-state index in [9.17, 15) is 15.0 Å². The summed E-state index contributed by atoms with van der Waals surface area (Å²) in [5.74, 6) is -0.216. The molecule has 0 aliphatic rings.